The summed E-state index contributed by atoms with van der Waals surface area (Å²) >= 11 is 0. The van der Waals surface area contributed by atoms with Crippen LogP contribution in [0.1, 0.15) is 17.2 Å². The lowest BCUT2D eigenvalue weighted by Gasteiger charge is -2.36. The van der Waals surface area contributed by atoms with Crippen LogP contribution in [0, 0.1) is 12.7 Å². The molecule has 1 aliphatic heterocycles. The van der Waals surface area contributed by atoms with E-state index in [4.69, 9.17) is 0 Å². The Kier molecular flexibility index (Phi) is 7.95. The van der Waals surface area contributed by atoms with E-state index in [1.807, 2.05) is 0 Å². The van der Waals surface area contributed by atoms with Crippen LogP contribution in [-0.2, 0) is 0 Å². The van der Waals surface area contributed by atoms with Gasteiger partial charge in [0.2, 0.25) is 0 Å². The lowest BCUT2D eigenvalue weighted by molar-refractivity contribution is -0.188. The quantitative estimate of drug-likeness (QED) is 0.823. The molecule has 0 aliphatic carbocycles. The van der Waals surface area contributed by atoms with Crippen molar-refractivity contribution in [3.8, 4) is 0 Å². The average Bonchev–Trinajstić information content (AvgIpc) is 2.32. The Labute approximate surface area is 133 Å². The standard InChI is InChI=1S/C13H16F4N2.2ClH/c1-9-8-10(14)2-3-11(9)12(13(15,16)17)19-6-4-18-5-7-19;;/h2-3,8,12,18H,4-7H2,1H3;2*1H/t12-;;/m1../s1. The highest BCUT2D eigenvalue weighted by Gasteiger charge is 2.45. The zero-order valence-electron chi connectivity index (χ0n) is 11.4. The topological polar surface area (TPSA) is 15.3 Å². The van der Waals surface area contributed by atoms with Crippen molar-refractivity contribution < 1.29 is 17.6 Å². The van der Waals surface area contributed by atoms with Crippen LogP contribution in [0.2, 0.25) is 0 Å². The molecule has 2 nitrogen and oxygen atoms in total. The van der Waals surface area contributed by atoms with Gasteiger partial charge in [0.15, 0.2) is 0 Å². The van der Waals surface area contributed by atoms with Crippen LogP contribution >= 0.6 is 24.8 Å². The van der Waals surface area contributed by atoms with Gasteiger partial charge in [-0.3, -0.25) is 4.90 Å². The van der Waals surface area contributed by atoms with Crippen molar-refractivity contribution in [3.05, 3.63) is 35.1 Å². The van der Waals surface area contributed by atoms with Crippen molar-refractivity contribution >= 4 is 24.8 Å². The van der Waals surface area contributed by atoms with Gasteiger partial charge >= 0.3 is 6.18 Å². The number of hydrogen-bond donors (Lipinski definition) is 1. The first-order valence-corrected chi connectivity index (χ1v) is 6.17. The molecule has 0 aromatic heterocycles. The fourth-order valence-corrected chi connectivity index (χ4v) is 2.47. The van der Waals surface area contributed by atoms with Gasteiger partial charge in [0, 0.05) is 26.2 Å². The largest absolute Gasteiger partial charge is 0.408 e. The highest BCUT2D eigenvalue weighted by atomic mass is 35.5. The molecule has 0 saturated carbocycles. The van der Waals surface area contributed by atoms with E-state index < -0.39 is 18.0 Å². The Hall–Kier alpha value is -0.560. The molecule has 1 aliphatic rings. The van der Waals surface area contributed by atoms with Gasteiger partial charge in [-0.1, -0.05) is 6.07 Å². The molecule has 1 saturated heterocycles. The molecule has 1 atom stereocenters. The number of aryl methyl sites for hydroxylation is 1. The van der Waals surface area contributed by atoms with Crippen molar-refractivity contribution in [2.24, 2.45) is 0 Å². The average molecular weight is 349 g/mol. The van der Waals surface area contributed by atoms with E-state index in [9.17, 15) is 17.6 Å². The molecule has 1 N–H and O–H groups in total. The highest BCUT2D eigenvalue weighted by Crippen LogP contribution is 2.39. The van der Waals surface area contributed by atoms with Gasteiger partial charge in [0.25, 0.3) is 0 Å². The fraction of sp³-hybridized carbons (Fsp3) is 0.538. The first kappa shape index (κ1) is 20.4. The highest BCUT2D eigenvalue weighted by molar-refractivity contribution is 5.85. The van der Waals surface area contributed by atoms with Gasteiger partial charge in [0.05, 0.1) is 0 Å². The predicted octanol–water partition coefficient (Wildman–Crippen LogP) is 3.49. The first-order valence-electron chi connectivity index (χ1n) is 6.17. The number of nitrogens with zero attached hydrogens (tertiary/aromatic N) is 1. The van der Waals surface area contributed by atoms with Gasteiger partial charge in [-0.2, -0.15) is 13.2 Å². The number of hydrogen-bond acceptors (Lipinski definition) is 2. The monoisotopic (exact) mass is 348 g/mol. The maximum Gasteiger partial charge on any atom is 0.408 e. The summed E-state index contributed by atoms with van der Waals surface area (Å²) in [5.74, 6) is -0.512. The third-order valence-electron chi connectivity index (χ3n) is 3.35. The van der Waals surface area contributed by atoms with Crippen molar-refractivity contribution in [1.29, 1.82) is 0 Å². The minimum Gasteiger partial charge on any atom is -0.314 e. The van der Waals surface area contributed by atoms with Crippen molar-refractivity contribution in [3.63, 3.8) is 0 Å². The molecule has 122 valence electrons. The molecule has 0 radical (unpaired) electrons. The first-order chi connectivity index (χ1) is 8.89. The predicted molar refractivity (Wildman–Crippen MR) is 78.9 cm³/mol. The lowest BCUT2D eigenvalue weighted by atomic mass is 9.98. The number of piperazine rings is 1. The summed E-state index contributed by atoms with van der Waals surface area (Å²) in [6.07, 6.45) is -4.36. The van der Waals surface area contributed by atoms with Crippen LogP contribution < -0.4 is 5.32 Å². The summed E-state index contributed by atoms with van der Waals surface area (Å²) in [4.78, 5) is 1.40. The van der Waals surface area contributed by atoms with Gasteiger partial charge in [-0.25, -0.2) is 4.39 Å². The Morgan fingerprint density at radius 3 is 2.19 bits per heavy atom. The Morgan fingerprint density at radius 2 is 1.71 bits per heavy atom. The Balaban J connectivity index is 0.00000200. The SMILES string of the molecule is Cc1cc(F)ccc1[C@@H](N1CCNCC1)C(F)(F)F.Cl.Cl. The Morgan fingerprint density at radius 1 is 1.14 bits per heavy atom. The molecule has 21 heavy (non-hydrogen) atoms. The molecule has 0 bridgehead atoms. The van der Waals surface area contributed by atoms with Crippen LogP contribution in [0.5, 0.6) is 0 Å². The maximum absolute atomic E-state index is 13.3. The third kappa shape index (κ3) is 4.98. The van der Waals surface area contributed by atoms with Gasteiger partial charge in [0.1, 0.15) is 11.9 Å². The molecule has 8 heteroatoms. The molecule has 1 fully saturated rings. The smallest absolute Gasteiger partial charge is 0.314 e. The zero-order chi connectivity index (χ0) is 14.0. The molecular weight excluding hydrogens is 331 g/mol. The number of halogens is 6. The molecule has 1 heterocycles. The van der Waals surface area contributed by atoms with Gasteiger partial charge < -0.3 is 5.32 Å². The molecule has 0 unspecified atom stereocenters. The number of nitrogens with one attached hydrogen (secondary N) is 1. The summed E-state index contributed by atoms with van der Waals surface area (Å²) in [6, 6.07) is 1.82. The summed E-state index contributed by atoms with van der Waals surface area (Å²) in [5.41, 5.74) is 0.469. The van der Waals surface area contributed by atoms with Gasteiger partial charge in [-0.05, 0) is 30.2 Å². The Bertz CT molecular complexity index is 448. The van der Waals surface area contributed by atoms with Crippen molar-refractivity contribution in [1.82, 2.24) is 10.2 Å². The van der Waals surface area contributed by atoms with Crippen molar-refractivity contribution in [2.75, 3.05) is 26.2 Å². The summed E-state index contributed by atoms with van der Waals surface area (Å²) in [6.45, 7) is 3.25. The number of alkyl halides is 3. The van der Waals surface area contributed by atoms with E-state index in [1.165, 1.54) is 17.9 Å². The second-order valence-corrected chi connectivity index (χ2v) is 4.73. The van der Waals surface area contributed by atoms with E-state index in [-0.39, 0.29) is 30.4 Å². The van der Waals surface area contributed by atoms with E-state index >= 15 is 0 Å². The van der Waals surface area contributed by atoms with Crippen LogP contribution in [-0.4, -0.2) is 37.3 Å². The van der Waals surface area contributed by atoms with Gasteiger partial charge in [-0.15, -0.1) is 24.8 Å². The second kappa shape index (κ2) is 8.17. The molecule has 1 aromatic rings. The summed E-state index contributed by atoms with van der Waals surface area (Å²) < 4.78 is 53.0. The van der Waals surface area contributed by atoms with Crippen molar-refractivity contribution in [2.45, 2.75) is 19.1 Å². The molecule has 0 spiro atoms. The molecular formula is C13H18Cl2F4N2. The van der Waals surface area contributed by atoms with E-state index in [1.54, 1.807) is 0 Å². The maximum atomic E-state index is 13.3. The number of benzene rings is 1. The minimum absolute atomic E-state index is 0. The lowest BCUT2D eigenvalue weighted by Crippen LogP contribution is -2.49. The summed E-state index contributed by atoms with van der Waals surface area (Å²) in [5, 5.41) is 3.03. The fourth-order valence-electron chi connectivity index (χ4n) is 2.47. The van der Waals surface area contributed by atoms with Crippen LogP contribution in [0.4, 0.5) is 17.6 Å². The van der Waals surface area contributed by atoms with E-state index in [0.717, 1.165) is 12.1 Å². The van der Waals surface area contributed by atoms with E-state index in [2.05, 4.69) is 5.32 Å². The minimum atomic E-state index is -4.36. The third-order valence-corrected chi connectivity index (χ3v) is 3.35. The van der Waals surface area contributed by atoms with Crippen LogP contribution in [0.3, 0.4) is 0 Å². The normalized spacial score (nSPS) is 17.6. The van der Waals surface area contributed by atoms with Crippen LogP contribution in [0.25, 0.3) is 0 Å². The van der Waals surface area contributed by atoms with E-state index in [0.29, 0.717) is 31.7 Å². The summed E-state index contributed by atoms with van der Waals surface area (Å²) in [7, 11) is 0. The molecule has 2 rings (SSSR count). The molecule has 1 aromatic carbocycles. The zero-order valence-corrected chi connectivity index (χ0v) is 13.0. The number of rotatable bonds is 2. The molecule has 0 amide bonds. The van der Waals surface area contributed by atoms with Crippen LogP contribution in [0.15, 0.2) is 18.2 Å². The second-order valence-electron chi connectivity index (χ2n) is 4.73.